The average molecular weight is 527 g/mol. The molecule has 0 saturated carbocycles. The number of carbonyl (C=O) groups is 2. The van der Waals surface area contributed by atoms with E-state index in [0.29, 0.717) is 23.7 Å². The third-order valence-electron chi connectivity index (χ3n) is 7.25. The summed E-state index contributed by atoms with van der Waals surface area (Å²) < 4.78 is 0. The van der Waals surface area contributed by atoms with Crippen molar-refractivity contribution in [1.82, 2.24) is 5.32 Å². The zero-order chi connectivity index (χ0) is 28.1. The van der Waals surface area contributed by atoms with Crippen LogP contribution in [0.2, 0.25) is 0 Å². The molecule has 0 unspecified atom stereocenters. The monoisotopic (exact) mass is 526 g/mol. The summed E-state index contributed by atoms with van der Waals surface area (Å²) in [5.41, 5.74) is 7.73. The van der Waals surface area contributed by atoms with Crippen LogP contribution in [-0.4, -0.2) is 25.0 Å². The molecule has 0 aromatic heterocycles. The largest absolute Gasteiger partial charge is 0.366 e. The molecule has 206 valence electrons. The fourth-order valence-corrected chi connectivity index (χ4v) is 5.14. The molecule has 1 aliphatic rings. The van der Waals surface area contributed by atoms with Crippen LogP contribution < -0.4 is 20.9 Å². The van der Waals surface area contributed by atoms with Gasteiger partial charge >= 0.3 is 6.03 Å². The number of hydrogen-bond donors (Lipinski definition) is 3. The molecular weight excluding hydrogens is 484 g/mol. The molecule has 3 aromatic rings. The van der Waals surface area contributed by atoms with Crippen LogP contribution in [0.3, 0.4) is 0 Å². The van der Waals surface area contributed by atoms with Crippen LogP contribution in [0.5, 0.6) is 0 Å². The van der Waals surface area contributed by atoms with E-state index in [1.807, 2.05) is 18.2 Å². The molecule has 3 aromatic carbocycles. The zero-order valence-electron chi connectivity index (χ0n) is 24.1. The Labute approximate surface area is 233 Å². The molecular formula is C33H42N4O2. The smallest absolute Gasteiger partial charge is 0.323 e. The number of nitrogens with zero attached hydrogens (tertiary/aromatic N) is 1. The highest BCUT2D eigenvalue weighted by atomic mass is 16.2. The van der Waals surface area contributed by atoms with Crippen molar-refractivity contribution in [2.24, 2.45) is 5.92 Å². The van der Waals surface area contributed by atoms with E-state index in [1.54, 1.807) is 6.07 Å². The molecule has 0 atom stereocenters. The van der Waals surface area contributed by atoms with E-state index in [-0.39, 0.29) is 23.8 Å². The van der Waals surface area contributed by atoms with Crippen molar-refractivity contribution in [3.63, 3.8) is 0 Å². The van der Waals surface area contributed by atoms with E-state index >= 15 is 0 Å². The minimum absolute atomic E-state index is 0.131. The number of nitrogens with one attached hydrogen (secondary N) is 3. The van der Waals surface area contributed by atoms with Gasteiger partial charge in [0.2, 0.25) is 0 Å². The van der Waals surface area contributed by atoms with Crippen molar-refractivity contribution in [1.29, 1.82) is 0 Å². The number of anilines is 3. The van der Waals surface area contributed by atoms with Crippen molar-refractivity contribution < 1.29 is 9.59 Å². The van der Waals surface area contributed by atoms with Crippen LogP contribution in [0, 0.1) is 5.92 Å². The lowest BCUT2D eigenvalue weighted by atomic mass is 9.93. The summed E-state index contributed by atoms with van der Waals surface area (Å²) in [7, 11) is 0. The lowest BCUT2D eigenvalue weighted by Crippen LogP contribution is -2.34. The maximum absolute atomic E-state index is 13.4. The predicted octanol–water partition coefficient (Wildman–Crippen LogP) is 7.53. The fourth-order valence-electron chi connectivity index (χ4n) is 5.14. The van der Waals surface area contributed by atoms with Crippen molar-refractivity contribution >= 4 is 29.0 Å². The average Bonchev–Trinajstić information content (AvgIpc) is 2.91. The van der Waals surface area contributed by atoms with Crippen LogP contribution in [0.4, 0.5) is 21.9 Å². The molecule has 0 fully saturated rings. The van der Waals surface area contributed by atoms with Crippen molar-refractivity contribution in [2.75, 3.05) is 28.6 Å². The number of amides is 3. The van der Waals surface area contributed by atoms with Crippen molar-refractivity contribution in [3.8, 4) is 0 Å². The Balaban J connectivity index is 1.60. The maximum Gasteiger partial charge on any atom is 0.323 e. The first-order chi connectivity index (χ1) is 18.6. The Morgan fingerprint density at radius 2 is 1.49 bits per heavy atom. The minimum Gasteiger partial charge on any atom is -0.366 e. The quantitative estimate of drug-likeness (QED) is 0.284. The lowest BCUT2D eigenvalue weighted by molar-refractivity contribution is 0.0949. The lowest BCUT2D eigenvalue weighted by Gasteiger charge is -2.32. The minimum atomic E-state index is -0.321. The highest BCUT2D eigenvalue weighted by Crippen LogP contribution is 2.33. The van der Waals surface area contributed by atoms with Gasteiger partial charge in [-0.05, 0) is 64.6 Å². The standard InChI is InChI=1S/C33H42N4O2/c1-21(2)19-34-32(38)29-18-26(14-15-30(29)37-17-16-24-10-7-8-11-25(24)20-37)35-33(39)36-31-27(22(3)4)12-9-13-28(31)23(5)6/h7-15,18,21-23H,16-17,19-20H2,1-6H3,(H,34,38)(H2,35,36,39). The first-order valence-electron chi connectivity index (χ1n) is 14.1. The van der Waals surface area contributed by atoms with E-state index in [0.717, 1.165) is 42.0 Å². The molecule has 3 amide bonds. The molecule has 6 nitrogen and oxygen atoms in total. The van der Waals surface area contributed by atoms with Gasteiger partial charge in [0, 0.05) is 36.7 Å². The van der Waals surface area contributed by atoms with E-state index in [9.17, 15) is 9.59 Å². The van der Waals surface area contributed by atoms with Gasteiger partial charge in [-0.25, -0.2) is 4.79 Å². The second-order valence-electron chi connectivity index (χ2n) is 11.5. The Kier molecular flexibility index (Phi) is 8.95. The van der Waals surface area contributed by atoms with Gasteiger partial charge in [0.15, 0.2) is 0 Å². The number of hydrogen-bond acceptors (Lipinski definition) is 3. The Bertz CT molecular complexity index is 1300. The summed E-state index contributed by atoms with van der Waals surface area (Å²) in [5.74, 6) is 0.741. The highest BCUT2D eigenvalue weighted by molar-refractivity contribution is 6.04. The summed E-state index contributed by atoms with van der Waals surface area (Å²) in [4.78, 5) is 28.8. The van der Waals surface area contributed by atoms with Gasteiger partial charge in [-0.3, -0.25) is 4.79 Å². The molecule has 0 aliphatic carbocycles. The van der Waals surface area contributed by atoms with Crippen LogP contribution in [0.1, 0.15) is 86.0 Å². The SMILES string of the molecule is CC(C)CNC(=O)c1cc(NC(=O)Nc2c(C(C)C)cccc2C(C)C)ccc1N1CCc2ccccc2C1. The third-order valence-corrected chi connectivity index (χ3v) is 7.25. The first-order valence-corrected chi connectivity index (χ1v) is 14.1. The molecule has 6 heteroatoms. The van der Waals surface area contributed by atoms with Gasteiger partial charge < -0.3 is 20.9 Å². The zero-order valence-corrected chi connectivity index (χ0v) is 24.1. The first kappa shape index (κ1) is 28.2. The number of urea groups is 1. The molecule has 1 aliphatic heterocycles. The van der Waals surface area contributed by atoms with E-state index in [4.69, 9.17) is 0 Å². The molecule has 0 bridgehead atoms. The predicted molar refractivity (Wildman–Crippen MR) is 162 cm³/mol. The number of benzene rings is 3. The molecule has 39 heavy (non-hydrogen) atoms. The van der Waals surface area contributed by atoms with Gasteiger partial charge in [-0.1, -0.05) is 84.0 Å². The van der Waals surface area contributed by atoms with Crippen LogP contribution >= 0.6 is 0 Å². The Morgan fingerprint density at radius 3 is 2.13 bits per heavy atom. The fraction of sp³-hybridized carbons (Fsp3) is 0.394. The second-order valence-corrected chi connectivity index (χ2v) is 11.5. The normalized spacial score (nSPS) is 13.0. The number of rotatable bonds is 8. The summed E-state index contributed by atoms with van der Waals surface area (Å²) >= 11 is 0. The Hall–Kier alpha value is -3.80. The van der Waals surface area contributed by atoms with Gasteiger partial charge in [0.1, 0.15) is 0 Å². The van der Waals surface area contributed by atoms with E-state index < -0.39 is 0 Å². The van der Waals surface area contributed by atoms with Crippen molar-refractivity contribution in [2.45, 2.75) is 66.3 Å². The van der Waals surface area contributed by atoms with Gasteiger partial charge in [-0.2, -0.15) is 0 Å². The van der Waals surface area contributed by atoms with Crippen LogP contribution in [-0.2, 0) is 13.0 Å². The number of carbonyl (C=O) groups excluding carboxylic acids is 2. The van der Waals surface area contributed by atoms with E-state index in [1.165, 1.54) is 11.1 Å². The topological polar surface area (TPSA) is 73.5 Å². The summed E-state index contributed by atoms with van der Waals surface area (Å²) in [6, 6.07) is 20.0. The molecule has 0 saturated heterocycles. The van der Waals surface area contributed by atoms with Gasteiger partial charge in [0.05, 0.1) is 5.56 Å². The summed E-state index contributed by atoms with van der Waals surface area (Å²) in [6.07, 6.45) is 0.930. The summed E-state index contributed by atoms with van der Waals surface area (Å²) in [6.45, 7) is 14.8. The molecule has 0 radical (unpaired) electrons. The Morgan fingerprint density at radius 1 is 0.821 bits per heavy atom. The third kappa shape index (κ3) is 6.80. The second kappa shape index (κ2) is 12.4. The summed E-state index contributed by atoms with van der Waals surface area (Å²) in [5, 5.41) is 9.15. The van der Waals surface area contributed by atoms with Gasteiger partial charge in [-0.15, -0.1) is 0 Å². The van der Waals surface area contributed by atoms with Crippen LogP contribution in [0.25, 0.3) is 0 Å². The highest BCUT2D eigenvalue weighted by Gasteiger charge is 2.23. The number of fused-ring (bicyclic) bond motifs is 1. The molecule has 0 spiro atoms. The molecule has 1 heterocycles. The van der Waals surface area contributed by atoms with Crippen LogP contribution in [0.15, 0.2) is 60.7 Å². The van der Waals surface area contributed by atoms with Gasteiger partial charge in [0.25, 0.3) is 5.91 Å². The molecule has 4 rings (SSSR count). The molecule has 3 N–H and O–H groups in total. The van der Waals surface area contributed by atoms with Crippen molar-refractivity contribution in [3.05, 3.63) is 88.5 Å². The van der Waals surface area contributed by atoms with E-state index in [2.05, 4.69) is 98.8 Å². The number of para-hydroxylation sites is 1. The maximum atomic E-state index is 13.4.